The number of fused-ring (bicyclic) bond motifs is 1. The predicted molar refractivity (Wildman–Crippen MR) is 157 cm³/mol. The number of benzene rings is 2. The van der Waals surface area contributed by atoms with Crippen molar-refractivity contribution in [3.8, 4) is 0 Å². The van der Waals surface area contributed by atoms with Gasteiger partial charge in [0.2, 0.25) is 0 Å². The van der Waals surface area contributed by atoms with Gasteiger partial charge in [0.15, 0.2) is 11.6 Å². The molecule has 4 aromatic rings. The van der Waals surface area contributed by atoms with Gasteiger partial charge < -0.3 is 15.0 Å². The number of aliphatic hydroxyl groups excluding tert-OH is 1. The molecule has 2 aromatic heterocycles. The van der Waals surface area contributed by atoms with Crippen LogP contribution < -0.4 is 5.32 Å². The van der Waals surface area contributed by atoms with Gasteiger partial charge in [0.25, 0.3) is 5.91 Å². The van der Waals surface area contributed by atoms with Crippen LogP contribution in [0.3, 0.4) is 0 Å². The number of nitrogens with zero attached hydrogens (tertiary/aromatic N) is 5. The lowest BCUT2D eigenvalue weighted by molar-refractivity contribution is 0.0707. The summed E-state index contributed by atoms with van der Waals surface area (Å²) in [7, 11) is 0. The molecule has 2 aliphatic rings. The number of H-pyrrole nitrogens is 1. The highest BCUT2D eigenvalue weighted by atomic mass is 16.3. The predicted octanol–water partition coefficient (Wildman–Crippen LogP) is 4.99. The molecule has 9 nitrogen and oxygen atoms in total. The smallest absolute Gasteiger partial charge is 0.287 e. The molecule has 6 rings (SSSR count). The van der Waals surface area contributed by atoms with Gasteiger partial charge in [0.05, 0.1) is 28.6 Å². The zero-order valence-electron chi connectivity index (χ0n) is 23.4. The number of amides is 1. The van der Waals surface area contributed by atoms with Crippen molar-refractivity contribution in [2.24, 2.45) is 0 Å². The molecule has 2 aromatic carbocycles. The highest BCUT2D eigenvalue weighted by Crippen LogP contribution is 2.47. The highest BCUT2D eigenvalue weighted by molar-refractivity contribution is 5.95. The minimum atomic E-state index is -0.525. The fourth-order valence-electron chi connectivity index (χ4n) is 6.43. The average molecular weight is 552 g/mol. The van der Waals surface area contributed by atoms with Crippen molar-refractivity contribution in [2.45, 2.75) is 81.9 Å². The van der Waals surface area contributed by atoms with E-state index in [0.717, 1.165) is 55.1 Å². The number of aliphatic hydroxyl groups is 1. The van der Waals surface area contributed by atoms with Gasteiger partial charge in [-0.1, -0.05) is 98.5 Å². The summed E-state index contributed by atoms with van der Waals surface area (Å²) in [5.41, 5.74) is 3.47. The Labute approximate surface area is 239 Å². The van der Waals surface area contributed by atoms with Crippen LogP contribution in [0.1, 0.15) is 79.8 Å². The first kappa shape index (κ1) is 27.1. The minimum absolute atomic E-state index is 0.0164. The molecule has 4 unspecified atom stereocenters. The lowest BCUT2D eigenvalue weighted by Crippen LogP contribution is -2.45. The van der Waals surface area contributed by atoms with Gasteiger partial charge in [-0.3, -0.25) is 4.79 Å². The summed E-state index contributed by atoms with van der Waals surface area (Å²) in [6, 6.07) is 18.0. The molecule has 0 spiro atoms. The van der Waals surface area contributed by atoms with Gasteiger partial charge >= 0.3 is 0 Å². The largest absolute Gasteiger partial charge is 0.391 e. The molecule has 0 bridgehead atoms. The minimum Gasteiger partial charge on any atom is -0.391 e. The van der Waals surface area contributed by atoms with Gasteiger partial charge in [0, 0.05) is 12.5 Å². The van der Waals surface area contributed by atoms with Crippen molar-refractivity contribution in [1.29, 1.82) is 0 Å². The molecule has 41 heavy (non-hydrogen) atoms. The number of tetrazole rings is 1. The summed E-state index contributed by atoms with van der Waals surface area (Å²) in [6.45, 7) is 2.67. The summed E-state index contributed by atoms with van der Waals surface area (Å²) in [5.74, 6) is 0.773. The normalized spacial score (nSPS) is 24.3. The topological polar surface area (TPSA) is 122 Å². The molecule has 3 N–H and O–H groups in total. The Morgan fingerprint density at radius 3 is 2.71 bits per heavy atom. The van der Waals surface area contributed by atoms with Crippen LogP contribution in [0, 0.1) is 0 Å². The average Bonchev–Trinajstić information content (AvgIpc) is 3.68. The van der Waals surface area contributed by atoms with Gasteiger partial charge in [-0.05, 0) is 42.5 Å². The fourth-order valence-corrected chi connectivity index (χ4v) is 6.43. The molecule has 212 valence electrons. The van der Waals surface area contributed by atoms with Crippen molar-refractivity contribution in [3.63, 3.8) is 0 Å². The maximum Gasteiger partial charge on any atom is 0.287 e. The second-order valence-electron chi connectivity index (χ2n) is 11.3. The SMILES string of the molecule is CCCCC1(c2nn[nH]n2)C=CC(Cn2c(C(=O)NC3CCCCC3O)nc3ccccc32)=CC1c1ccccc1. The lowest BCUT2D eigenvalue weighted by atomic mass is 9.65. The Balaban J connectivity index is 1.38. The van der Waals surface area contributed by atoms with Crippen LogP contribution >= 0.6 is 0 Å². The maximum absolute atomic E-state index is 13.6. The van der Waals surface area contributed by atoms with Crippen molar-refractivity contribution in [3.05, 3.63) is 95.6 Å². The molecule has 1 fully saturated rings. The number of hydrogen-bond donors (Lipinski definition) is 3. The van der Waals surface area contributed by atoms with E-state index in [-0.39, 0.29) is 17.9 Å². The van der Waals surface area contributed by atoms with Gasteiger partial charge in [0.1, 0.15) is 0 Å². The number of hydrogen-bond acceptors (Lipinski definition) is 6. The Kier molecular flexibility index (Phi) is 7.78. The summed E-state index contributed by atoms with van der Waals surface area (Å²) in [4.78, 5) is 18.3. The van der Waals surface area contributed by atoms with E-state index in [2.05, 4.69) is 75.4 Å². The molecule has 1 amide bonds. The van der Waals surface area contributed by atoms with E-state index >= 15 is 0 Å². The van der Waals surface area contributed by atoms with Crippen molar-refractivity contribution in [2.75, 3.05) is 0 Å². The van der Waals surface area contributed by atoms with Crippen LogP contribution in [0.4, 0.5) is 0 Å². The molecule has 1 saturated carbocycles. The molecule has 2 heterocycles. The third-order valence-corrected chi connectivity index (χ3v) is 8.64. The molecule has 4 atom stereocenters. The maximum atomic E-state index is 13.6. The van der Waals surface area contributed by atoms with Crippen LogP contribution in [-0.2, 0) is 12.0 Å². The quantitative estimate of drug-likeness (QED) is 0.269. The number of aromatic amines is 1. The van der Waals surface area contributed by atoms with Gasteiger partial charge in [-0.15, -0.1) is 10.2 Å². The van der Waals surface area contributed by atoms with E-state index in [1.54, 1.807) is 0 Å². The second-order valence-corrected chi connectivity index (χ2v) is 11.3. The van der Waals surface area contributed by atoms with Crippen LogP contribution in [0.25, 0.3) is 11.0 Å². The summed E-state index contributed by atoms with van der Waals surface area (Å²) < 4.78 is 1.99. The van der Waals surface area contributed by atoms with E-state index in [1.165, 1.54) is 5.56 Å². The highest BCUT2D eigenvalue weighted by Gasteiger charge is 2.43. The molecule has 0 radical (unpaired) electrons. The number of carbonyl (C=O) groups excluding carboxylic acids is 1. The summed E-state index contributed by atoms with van der Waals surface area (Å²) in [6.07, 6.45) is 12.6. The first-order chi connectivity index (χ1) is 20.1. The fraction of sp³-hybridized carbons (Fsp3) is 0.406. The summed E-state index contributed by atoms with van der Waals surface area (Å²) >= 11 is 0. The molecule has 0 saturated heterocycles. The van der Waals surface area contributed by atoms with E-state index in [4.69, 9.17) is 4.98 Å². The number of nitrogens with one attached hydrogen (secondary N) is 2. The Morgan fingerprint density at radius 1 is 1.12 bits per heavy atom. The molecule has 2 aliphatic carbocycles. The van der Waals surface area contributed by atoms with Crippen LogP contribution in [0.5, 0.6) is 0 Å². The number of carbonyl (C=O) groups is 1. The number of allylic oxidation sites excluding steroid dienone is 4. The first-order valence-corrected chi connectivity index (χ1v) is 14.7. The Morgan fingerprint density at radius 2 is 1.93 bits per heavy atom. The first-order valence-electron chi connectivity index (χ1n) is 14.7. The van der Waals surface area contributed by atoms with Crippen molar-refractivity contribution in [1.82, 2.24) is 35.5 Å². The van der Waals surface area contributed by atoms with Gasteiger partial charge in [-0.2, -0.15) is 5.21 Å². The number of aromatic nitrogens is 6. The van der Waals surface area contributed by atoms with Gasteiger partial charge in [-0.25, -0.2) is 4.98 Å². The summed E-state index contributed by atoms with van der Waals surface area (Å²) in [5, 5.41) is 29.1. The Bertz CT molecular complexity index is 1540. The zero-order chi connectivity index (χ0) is 28.2. The Hall–Kier alpha value is -4.11. The third-order valence-electron chi connectivity index (χ3n) is 8.64. The molecular formula is C32H37N7O2. The van der Waals surface area contributed by atoms with E-state index in [0.29, 0.717) is 24.6 Å². The van der Waals surface area contributed by atoms with E-state index in [1.807, 2.05) is 34.9 Å². The monoisotopic (exact) mass is 551 g/mol. The lowest BCUT2D eigenvalue weighted by Gasteiger charge is -2.38. The van der Waals surface area contributed by atoms with E-state index in [9.17, 15) is 9.90 Å². The van der Waals surface area contributed by atoms with Crippen LogP contribution in [0.2, 0.25) is 0 Å². The number of unbranched alkanes of at least 4 members (excludes halogenated alkanes) is 1. The standard InChI is InChI=1S/C32H37N7O2/c1-2-3-18-32(31-35-37-38-36-31)19-17-22(20-24(32)23-11-5-4-6-12-23)21-39-27-15-9-7-13-25(27)33-29(39)30(41)34-26-14-8-10-16-28(26)40/h4-7,9,11-13,15,17,19-20,24,26,28,40H,2-3,8,10,14,16,18,21H2,1H3,(H,34,41)(H,35,36,37,38). The van der Waals surface area contributed by atoms with Crippen LogP contribution in [0.15, 0.2) is 78.4 Å². The van der Waals surface area contributed by atoms with E-state index < -0.39 is 11.5 Å². The van der Waals surface area contributed by atoms with Crippen molar-refractivity contribution >= 4 is 16.9 Å². The molecule has 9 heteroatoms. The second kappa shape index (κ2) is 11.8. The number of imidazole rings is 1. The number of rotatable bonds is 9. The van der Waals surface area contributed by atoms with Crippen LogP contribution in [-0.4, -0.2) is 53.3 Å². The molecular weight excluding hydrogens is 514 g/mol. The zero-order valence-corrected chi connectivity index (χ0v) is 23.4. The van der Waals surface area contributed by atoms with Crippen molar-refractivity contribution < 1.29 is 9.90 Å². The third kappa shape index (κ3) is 5.34. The molecule has 0 aliphatic heterocycles. The number of para-hydroxylation sites is 2.